The second kappa shape index (κ2) is 8.36. The quantitative estimate of drug-likeness (QED) is 0.788. The van der Waals surface area contributed by atoms with E-state index in [1.165, 1.54) is 12.1 Å². The van der Waals surface area contributed by atoms with E-state index in [4.69, 9.17) is 16.3 Å². The summed E-state index contributed by atoms with van der Waals surface area (Å²) in [6, 6.07) is 11.9. The van der Waals surface area contributed by atoms with E-state index in [-0.39, 0.29) is 11.3 Å². The van der Waals surface area contributed by atoms with Crippen molar-refractivity contribution in [2.45, 2.75) is 13.3 Å². The molecule has 24 heavy (non-hydrogen) atoms. The molecule has 0 heterocycles. The fourth-order valence-corrected chi connectivity index (χ4v) is 2.20. The number of phenols is 1. The molecule has 0 aliphatic heterocycles. The Morgan fingerprint density at radius 3 is 2.54 bits per heavy atom. The van der Waals surface area contributed by atoms with E-state index in [0.29, 0.717) is 18.0 Å². The van der Waals surface area contributed by atoms with Gasteiger partial charge < -0.3 is 15.2 Å². The van der Waals surface area contributed by atoms with Gasteiger partial charge in [-0.1, -0.05) is 29.8 Å². The smallest absolute Gasteiger partial charge is 0.342 e. The van der Waals surface area contributed by atoms with Crippen LogP contribution in [0.5, 0.6) is 5.75 Å². The fourth-order valence-electron chi connectivity index (χ4n) is 2.07. The van der Waals surface area contributed by atoms with Gasteiger partial charge in [0.1, 0.15) is 11.3 Å². The number of aryl methyl sites for hydroxylation is 1. The molecule has 0 atom stereocenters. The summed E-state index contributed by atoms with van der Waals surface area (Å²) in [5.41, 5.74) is 1.90. The number of rotatable bonds is 6. The van der Waals surface area contributed by atoms with E-state index in [0.717, 1.165) is 11.1 Å². The Morgan fingerprint density at radius 2 is 1.88 bits per heavy atom. The summed E-state index contributed by atoms with van der Waals surface area (Å²) >= 11 is 5.80. The standard InChI is InChI=1S/C18H18ClNO4/c1-12-2-7-15(16(21)10-12)18(23)24-11-17(22)20-9-8-13-3-5-14(19)6-4-13/h2-7,10,21H,8-9,11H2,1H3,(H,20,22). The van der Waals surface area contributed by atoms with Gasteiger partial charge in [-0.15, -0.1) is 0 Å². The number of esters is 1. The van der Waals surface area contributed by atoms with Crippen LogP contribution in [0.4, 0.5) is 0 Å². The summed E-state index contributed by atoms with van der Waals surface area (Å²) in [5.74, 6) is -1.30. The molecule has 2 N–H and O–H groups in total. The van der Waals surface area contributed by atoms with Crippen LogP contribution in [-0.4, -0.2) is 30.1 Å². The van der Waals surface area contributed by atoms with Crippen molar-refractivity contribution in [1.82, 2.24) is 5.32 Å². The van der Waals surface area contributed by atoms with Crippen LogP contribution in [0, 0.1) is 6.92 Å². The van der Waals surface area contributed by atoms with Crippen molar-refractivity contribution in [3.63, 3.8) is 0 Å². The number of benzene rings is 2. The van der Waals surface area contributed by atoms with Crippen molar-refractivity contribution in [2.75, 3.05) is 13.2 Å². The van der Waals surface area contributed by atoms with E-state index >= 15 is 0 Å². The predicted octanol–water partition coefficient (Wildman–Crippen LogP) is 2.87. The van der Waals surface area contributed by atoms with E-state index in [1.54, 1.807) is 25.1 Å². The minimum atomic E-state index is -0.736. The van der Waals surface area contributed by atoms with Gasteiger partial charge in [-0.2, -0.15) is 0 Å². The maximum absolute atomic E-state index is 11.8. The van der Waals surface area contributed by atoms with Gasteiger partial charge in [0, 0.05) is 11.6 Å². The number of halogens is 1. The van der Waals surface area contributed by atoms with Crippen LogP contribution in [-0.2, 0) is 16.0 Å². The van der Waals surface area contributed by atoms with Crippen molar-refractivity contribution < 1.29 is 19.4 Å². The molecule has 126 valence electrons. The Balaban J connectivity index is 1.74. The Kier molecular flexibility index (Phi) is 6.21. The highest BCUT2D eigenvalue weighted by Crippen LogP contribution is 2.19. The van der Waals surface area contributed by atoms with Crippen LogP contribution >= 0.6 is 11.6 Å². The number of carbonyl (C=O) groups excluding carboxylic acids is 2. The summed E-state index contributed by atoms with van der Waals surface area (Å²) in [6.45, 7) is 1.82. The van der Waals surface area contributed by atoms with Crippen LogP contribution < -0.4 is 5.32 Å². The lowest BCUT2D eigenvalue weighted by Crippen LogP contribution is -2.30. The van der Waals surface area contributed by atoms with Crippen molar-refractivity contribution in [3.8, 4) is 5.75 Å². The molecular weight excluding hydrogens is 330 g/mol. The molecule has 0 aliphatic rings. The van der Waals surface area contributed by atoms with E-state index in [2.05, 4.69) is 5.32 Å². The molecule has 0 aliphatic carbocycles. The van der Waals surface area contributed by atoms with Crippen molar-refractivity contribution in [3.05, 3.63) is 64.2 Å². The van der Waals surface area contributed by atoms with Crippen LogP contribution in [0.3, 0.4) is 0 Å². The number of ether oxygens (including phenoxy) is 1. The van der Waals surface area contributed by atoms with Gasteiger partial charge in [0.2, 0.25) is 0 Å². The molecule has 6 heteroatoms. The van der Waals surface area contributed by atoms with E-state index in [9.17, 15) is 14.7 Å². The monoisotopic (exact) mass is 347 g/mol. The lowest BCUT2D eigenvalue weighted by Gasteiger charge is -2.08. The average Bonchev–Trinajstić information content (AvgIpc) is 2.54. The molecule has 0 spiro atoms. The van der Waals surface area contributed by atoms with Crippen molar-refractivity contribution >= 4 is 23.5 Å². The molecular formula is C18H18ClNO4. The maximum Gasteiger partial charge on any atom is 0.342 e. The Morgan fingerprint density at radius 1 is 1.17 bits per heavy atom. The molecule has 0 radical (unpaired) electrons. The number of aromatic hydroxyl groups is 1. The SMILES string of the molecule is Cc1ccc(C(=O)OCC(=O)NCCc2ccc(Cl)cc2)c(O)c1. The number of nitrogens with one attached hydrogen (secondary N) is 1. The number of hydrogen-bond donors (Lipinski definition) is 2. The van der Waals surface area contributed by atoms with E-state index < -0.39 is 18.5 Å². The molecule has 1 amide bonds. The number of phenolic OH excluding ortho intramolecular Hbond substituents is 1. The van der Waals surface area contributed by atoms with Crippen LogP contribution in [0.1, 0.15) is 21.5 Å². The zero-order valence-electron chi connectivity index (χ0n) is 13.2. The lowest BCUT2D eigenvalue weighted by molar-refractivity contribution is -0.124. The Labute approximate surface area is 145 Å². The second-order valence-electron chi connectivity index (χ2n) is 5.32. The topological polar surface area (TPSA) is 75.6 Å². The third-order valence-corrected chi connectivity index (χ3v) is 3.61. The summed E-state index contributed by atoms with van der Waals surface area (Å²) < 4.78 is 4.90. The molecule has 0 saturated heterocycles. The second-order valence-corrected chi connectivity index (χ2v) is 5.76. The minimum absolute atomic E-state index is 0.0366. The molecule has 0 fully saturated rings. The van der Waals surface area contributed by atoms with Crippen LogP contribution in [0.25, 0.3) is 0 Å². The normalized spacial score (nSPS) is 10.2. The van der Waals surface area contributed by atoms with Crippen LogP contribution in [0.15, 0.2) is 42.5 Å². The molecule has 5 nitrogen and oxygen atoms in total. The first-order valence-electron chi connectivity index (χ1n) is 7.43. The molecule has 2 aromatic carbocycles. The van der Waals surface area contributed by atoms with Gasteiger partial charge in [-0.25, -0.2) is 4.79 Å². The highest BCUT2D eigenvalue weighted by Gasteiger charge is 2.14. The van der Waals surface area contributed by atoms with Gasteiger partial charge in [-0.05, 0) is 48.7 Å². The molecule has 2 aromatic rings. The fraction of sp³-hybridized carbons (Fsp3) is 0.222. The molecule has 0 aromatic heterocycles. The van der Waals surface area contributed by atoms with Gasteiger partial charge in [0.15, 0.2) is 6.61 Å². The van der Waals surface area contributed by atoms with Gasteiger partial charge >= 0.3 is 5.97 Å². The highest BCUT2D eigenvalue weighted by atomic mass is 35.5. The summed E-state index contributed by atoms with van der Waals surface area (Å²) in [5, 5.41) is 13.0. The Bertz CT molecular complexity index is 728. The molecule has 0 saturated carbocycles. The number of amides is 1. The predicted molar refractivity (Wildman–Crippen MR) is 91.3 cm³/mol. The average molecular weight is 348 g/mol. The largest absolute Gasteiger partial charge is 0.507 e. The van der Waals surface area contributed by atoms with Gasteiger partial charge in [-0.3, -0.25) is 4.79 Å². The summed E-state index contributed by atoms with van der Waals surface area (Å²) in [6.07, 6.45) is 0.648. The first-order valence-corrected chi connectivity index (χ1v) is 7.81. The number of carbonyl (C=O) groups is 2. The zero-order valence-corrected chi connectivity index (χ0v) is 14.0. The minimum Gasteiger partial charge on any atom is -0.507 e. The molecule has 2 rings (SSSR count). The van der Waals surface area contributed by atoms with Crippen LogP contribution in [0.2, 0.25) is 5.02 Å². The third-order valence-electron chi connectivity index (χ3n) is 3.36. The van der Waals surface area contributed by atoms with Crippen molar-refractivity contribution in [1.29, 1.82) is 0 Å². The first kappa shape index (κ1) is 17.8. The zero-order chi connectivity index (χ0) is 17.5. The summed E-state index contributed by atoms with van der Waals surface area (Å²) in [4.78, 5) is 23.5. The molecule has 0 bridgehead atoms. The summed E-state index contributed by atoms with van der Waals surface area (Å²) in [7, 11) is 0. The highest BCUT2D eigenvalue weighted by molar-refractivity contribution is 6.30. The Hall–Kier alpha value is -2.53. The van der Waals surface area contributed by atoms with Gasteiger partial charge in [0.05, 0.1) is 0 Å². The van der Waals surface area contributed by atoms with Crippen molar-refractivity contribution in [2.24, 2.45) is 0 Å². The first-order chi connectivity index (χ1) is 11.5. The molecule has 0 unspecified atom stereocenters. The maximum atomic E-state index is 11.8. The lowest BCUT2D eigenvalue weighted by atomic mass is 10.1. The van der Waals surface area contributed by atoms with Gasteiger partial charge in [0.25, 0.3) is 5.91 Å². The van der Waals surface area contributed by atoms with E-state index in [1.807, 2.05) is 12.1 Å². The number of hydrogen-bond acceptors (Lipinski definition) is 4. The third kappa shape index (κ3) is 5.28.